The van der Waals surface area contributed by atoms with Crippen LogP contribution in [0.25, 0.3) is 0 Å². The van der Waals surface area contributed by atoms with Crippen molar-refractivity contribution in [2.24, 2.45) is 5.73 Å². The van der Waals surface area contributed by atoms with Crippen LogP contribution in [0.1, 0.15) is 18.4 Å². The summed E-state index contributed by atoms with van der Waals surface area (Å²) in [5.74, 6) is -2.34. The number of likely N-dealkylation sites (N-methyl/N-ethyl adjacent to an activating group) is 1. The average molecular weight is 502 g/mol. The number of carbonyl (C=O) groups excluding carboxylic acids is 2. The number of nitrogens with zero attached hydrogens (tertiary/aromatic N) is 4. The predicted molar refractivity (Wildman–Crippen MR) is 140 cm³/mol. The zero-order chi connectivity index (χ0) is 26.5. The van der Waals surface area contributed by atoms with Gasteiger partial charge < -0.3 is 25.0 Å². The van der Waals surface area contributed by atoms with Crippen LogP contribution in [0.4, 0.5) is 11.4 Å². The smallest absolute Gasteiger partial charge is 0.355 e. The molecule has 9 nitrogen and oxygen atoms in total. The van der Waals surface area contributed by atoms with Crippen molar-refractivity contribution in [3.63, 3.8) is 0 Å². The fourth-order valence-corrected chi connectivity index (χ4v) is 4.99. The van der Waals surface area contributed by atoms with Crippen molar-refractivity contribution < 1.29 is 19.1 Å². The van der Waals surface area contributed by atoms with E-state index in [0.29, 0.717) is 11.3 Å². The first-order valence-corrected chi connectivity index (χ1v) is 12.2. The van der Waals surface area contributed by atoms with Gasteiger partial charge in [0.25, 0.3) is 0 Å². The summed E-state index contributed by atoms with van der Waals surface area (Å²) < 4.78 is 10.3. The molecule has 0 saturated carbocycles. The molecule has 2 aliphatic rings. The first kappa shape index (κ1) is 25.8. The van der Waals surface area contributed by atoms with Crippen LogP contribution in [0.3, 0.4) is 0 Å². The van der Waals surface area contributed by atoms with Crippen LogP contribution in [-0.4, -0.2) is 63.8 Å². The highest BCUT2D eigenvalue weighted by molar-refractivity contribution is 6.07. The Hall–Kier alpha value is -4.29. The molecule has 37 heavy (non-hydrogen) atoms. The molecule has 0 spiro atoms. The van der Waals surface area contributed by atoms with Gasteiger partial charge in [0.1, 0.15) is 11.5 Å². The summed E-state index contributed by atoms with van der Waals surface area (Å²) in [7, 11) is 2.49. The summed E-state index contributed by atoms with van der Waals surface area (Å²) in [5.41, 5.74) is 8.80. The van der Waals surface area contributed by atoms with Gasteiger partial charge >= 0.3 is 11.9 Å². The van der Waals surface area contributed by atoms with Crippen LogP contribution in [0.5, 0.6) is 0 Å². The standard InChI is InChI=1S/C28H31N5O4/c1-4-31-14-16-32(17-15-31)21-12-8-9-13-22(21)33-25(28(35)37-3)24(27(34)36-2)23(20(18-29)26(33)30)19-10-6-5-7-11-19/h5-13,23H,4,14-17,30H2,1-3H3. The Morgan fingerprint density at radius 1 is 0.946 bits per heavy atom. The molecule has 1 atom stereocenters. The molecule has 0 amide bonds. The summed E-state index contributed by atoms with van der Waals surface area (Å²) in [6, 6.07) is 18.7. The number of carbonyl (C=O) groups is 2. The molecular weight excluding hydrogens is 470 g/mol. The van der Waals surface area contributed by atoms with E-state index in [4.69, 9.17) is 15.2 Å². The lowest BCUT2D eigenvalue weighted by Gasteiger charge is -2.40. The van der Waals surface area contributed by atoms with Gasteiger partial charge in [0.05, 0.1) is 48.7 Å². The first-order valence-electron chi connectivity index (χ1n) is 12.2. The van der Waals surface area contributed by atoms with Gasteiger partial charge in [-0.15, -0.1) is 0 Å². The molecule has 1 saturated heterocycles. The van der Waals surface area contributed by atoms with Gasteiger partial charge in [-0.05, 0) is 24.2 Å². The number of benzene rings is 2. The molecule has 192 valence electrons. The van der Waals surface area contributed by atoms with Gasteiger partial charge in [0.2, 0.25) is 0 Å². The number of nitriles is 1. The van der Waals surface area contributed by atoms with E-state index in [1.165, 1.54) is 19.1 Å². The van der Waals surface area contributed by atoms with E-state index in [1.54, 1.807) is 24.3 Å². The molecule has 0 radical (unpaired) electrons. The number of nitrogens with two attached hydrogens (primary N) is 1. The van der Waals surface area contributed by atoms with Crippen molar-refractivity contribution >= 4 is 23.3 Å². The Morgan fingerprint density at radius 3 is 2.11 bits per heavy atom. The lowest BCUT2D eigenvalue weighted by atomic mass is 9.81. The van der Waals surface area contributed by atoms with E-state index in [2.05, 4.69) is 22.8 Å². The van der Waals surface area contributed by atoms with Crippen molar-refractivity contribution in [3.05, 3.63) is 82.8 Å². The highest BCUT2D eigenvalue weighted by atomic mass is 16.5. The van der Waals surface area contributed by atoms with Gasteiger partial charge in [-0.1, -0.05) is 49.4 Å². The molecule has 0 aromatic heterocycles. The number of ether oxygens (including phenoxy) is 2. The third-order valence-corrected chi connectivity index (χ3v) is 6.89. The van der Waals surface area contributed by atoms with Crippen LogP contribution in [0.15, 0.2) is 77.3 Å². The topological polar surface area (TPSA) is 112 Å². The first-order chi connectivity index (χ1) is 18.0. The third-order valence-electron chi connectivity index (χ3n) is 6.89. The lowest BCUT2D eigenvalue weighted by Crippen LogP contribution is -2.47. The van der Waals surface area contributed by atoms with E-state index >= 15 is 0 Å². The fraction of sp³-hybridized carbons (Fsp3) is 0.321. The number of hydrogen-bond acceptors (Lipinski definition) is 9. The minimum atomic E-state index is -0.899. The lowest BCUT2D eigenvalue weighted by molar-refractivity contribution is -0.139. The van der Waals surface area contributed by atoms with Crippen LogP contribution < -0.4 is 15.5 Å². The summed E-state index contributed by atoms with van der Waals surface area (Å²) in [5, 5.41) is 10.3. The molecule has 2 aromatic carbocycles. The van der Waals surface area contributed by atoms with Gasteiger partial charge in [-0.3, -0.25) is 4.90 Å². The van der Waals surface area contributed by atoms with E-state index in [9.17, 15) is 14.9 Å². The van der Waals surface area contributed by atoms with Crippen molar-refractivity contribution in [3.8, 4) is 6.07 Å². The average Bonchev–Trinajstić information content (AvgIpc) is 2.96. The molecule has 1 fully saturated rings. The highest BCUT2D eigenvalue weighted by Crippen LogP contribution is 2.45. The Morgan fingerprint density at radius 2 is 1.54 bits per heavy atom. The number of para-hydroxylation sites is 2. The van der Waals surface area contributed by atoms with Crippen LogP contribution in [-0.2, 0) is 19.1 Å². The zero-order valence-electron chi connectivity index (χ0n) is 21.3. The summed E-state index contributed by atoms with van der Waals surface area (Å²) >= 11 is 0. The third kappa shape index (κ3) is 4.76. The molecule has 0 bridgehead atoms. The minimum absolute atomic E-state index is 0.00287. The number of esters is 2. The Labute approximate surface area is 216 Å². The Balaban J connectivity index is 1.97. The van der Waals surface area contributed by atoms with Gasteiger partial charge in [-0.25, -0.2) is 9.59 Å². The maximum absolute atomic E-state index is 13.4. The number of anilines is 2. The van der Waals surface area contributed by atoms with Crippen LogP contribution in [0.2, 0.25) is 0 Å². The van der Waals surface area contributed by atoms with E-state index < -0.39 is 17.9 Å². The highest BCUT2D eigenvalue weighted by Gasteiger charge is 2.43. The van der Waals surface area contributed by atoms with Gasteiger partial charge in [-0.2, -0.15) is 5.26 Å². The van der Waals surface area contributed by atoms with Crippen molar-refractivity contribution in [2.75, 3.05) is 56.7 Å². The van der Waals surface area contributed by atoms with Gasteiger partial charge in [0.15, 0.2) is 0 Å². The minimum Gasteiger partial charge on any atom is -0.466 e. The fourth-order valence-electron chi connectivity index (χ4n) is 4.99. The monoisotopic (exact) mass is 501 g/mol. The Kier molecular flexibility index (Phi) is 7.80. The molecule has 2 heterocycles. The SMILES string of the molecule is CCN1CCN(c2ccccc2N2C(N)=C(C#N)C(c3ccccc3)C(C(=O)OC)=C2C(=O)OC)CC1. The van der Waals surface area contributed by atoms with E-state index in [1.807, 2.05) is 30.3 Å². The summed E-state index contributed by atoms with van der Waals surface area (Å²) in [6.07, 6.45) is 0. The number of hydrogen-bond donors (Lipinski definition) is 1. The number of allylic oxidation sites excluding steroid dienone is 1. The van der Waals surface area contributed by atoms with Crippen LogP contribution in [0, 0.1) is 11.3 Å². The normalized spacial score (nSPS) is 18.5. The second kappa shape index (κ2) is 11.2. The van der Waals surface area contributed by atoms with Gasteiger partial charge in [0, 0.05) is 26.2 Å². The molecule has 2 aromatic rings. The van der Waals surface area contributed by atoms with Crippen molar-refractivity contribution in [1.82, 2.24) is 4.90 Å². The maximum Gasteiger partial charge on any atom is 0.355 e. The second-order valence-electron chi connectivity index (χ2n) is 8.75. The summed E-state index contributed by atoms with van der Waals surface area (Å²) in [6.45, 7) is 6.45. The Bertz CT molecular complexity index is 1270. The molecule has 1 unspecified atom stereocenters. The predicted octanol–water partition coefficient (Wildman–Crippen LogP) is 2.73. The number of methoxy groups -OCH3 is 2. The molecule has 0 aliphatic carbocycles. The van der Waals surface area contributed by atoms with E-state index in [-0.39, 0.29) is 22.7 Å². The van der Waals surface area contributed by atoms with E-state index in [0.717, 1.165) is 38.4 Å². The largest absolute Gasteiger partial charge is 0.466 e. The molecule has 4 rings (SSSR count). The van der Waals surface area contributed by atoms with Crippen molar-refractivity contribution in [2.45, 2.75) is 12.8 Å². The van der Waals surface area contributed by atoms with Crippen LogP contribution >= 0.6 is 0 Å². The van der Waals surface area contributed by atoms with Crippen molar-refractivity contribution in [1.29, 1.82) is 5.26 Å². The quantitative estimate of drug-likeness (QED) is 0.597. The number of rotatable bonds is 6. The zero-order valence-corrected chi connectivity index (χ0v) is 21.3. The molecule has 9 heteroatoms. The second-order valence-corrected chi connectivity index (χ2v) is 8.75. The molecule has 2 aliphatic heterocycles. The summed E-state index contributed by atoms with van der Waals surface area (Å²) in [4.78, 5) is 32.7. The number of piperazine rings is 1. The molecular formula is C28H31N5O4. The molecule has 2 N–H and O–H groups in total. The maximum atomic E-state index is 13.4.